The minimum absolute atomic E-state index is 0.684. The fraction of sp³-hybridized carbons (Fsp3) is 0.250. The second-order valence-corrected chi connectivity index (χ2v) is 4.64. The van der Waals surface area contributed by atoms with Crippen molar-refractivity contribution in [2.75, 3.05) is 12.0 Å². The van der Waals surface area contributed by atoms with Crippen LogP contribution in [0.4, 0.5) is 5.82 Å². The van der Waals surface area contributed by atoms with E-state index in [2.05, 4.69) is 36.5 Å². The number of nitrogen functional groups attached to an aromatic ring is 1. The Labute approximate surface area is 99.7 Å². The van der Waals surface area contributed by atoms with Crippen LogP contribution < -0.4 is 5.73 Å². The van der Waals surface area contributed by atoms with Crippen LogP contribution in [-0.4, -0.2) is 16.0 Å². The van der Waals surface area contributed by atoms with E-state index in [1.54, 1.807) is 16.4 Å². The first kappa shape index (κ1) is 11.1. The summed E-state index contributed by atoms with van der Waals surface area (Å²) in [6.45, 7) is 2.09. The molecule has 3 nitrogen and oxygen atoms in total. The molecule has 1 aromatic carbocycles. The van der Waals surface area contributed by atoms with Crippen LogP contribution in [0, 0.1) is 6.92 Å². The molecule has 84 valence electrons. The summed E-state index contributed by atoms with van der Waals surface area (Å²) in [7, 11) is 1.85. The van der Waals surface area contributed by atoms with Crippen LogP contribution in [0.1, 0.15) is 5.56 Å². The average Bonchev–Trinajstić information content (AvgIpc) is 2.60. The van der Waals surface area contributed by atoms with Crippen LogP contribution in [0.25, 0.3) is 11.3 Å². The highest BCUT2D eigenvalue weighted by atomic mass is 32.2. The Morgan fingerprint density at radius 1 is 1.31 bits per heavy atom. The average molecular weight is 233 g/mol. The molecule has 0 radical (unpaired) electrons. The van der Waals surface area contributed by atoms with Gasteiger partial charge in [0.1, 0.15) is 5.82 Å². The molecule has 0 fully saturated rings. The van der Waals surface area contributed by atoms with Gasteiger partial charge in [0.2, 0.25) is 0 Å². The maximum absolute atomic E-state index is 5.79. The van der Waals surface area contributed by atoms with Gasteiger partial charge in [-0.1, -0.05) is 6.07 Å². The highest BCUT2D eigenvalue weighted by Gasteiger charge is 2.08. The Hall–Kier alpha value is -1.42. The second-order valence-electron chi connectivity index (χ2n) is 3.76. The molecule has 0 aliphatic heterocycles. The molecule has 16 heavy (non-hydrogen) atoms. The van der Waals surface area contributed by atoms with Crippen molar-refractivity contribution in [3.63, 3.8) is 0 Å². The molecule has 2 rings (SSSR count). The molecule has 1 aromatic heterocycles. The maximum atomic E-state index is 5.79. The normalized spacial score (nSPS) is 10.7. The van der Waals surface area contributed by atoms with Crippen molar-refractivity contribution >= 4 is 17.6 Å². The van der Waals surface area contributed by atoms with E-state index in [4.69, 9.17) is 5.73 Å². The van der Waals surface area contributed by atoms with E-state index >= 15 is 0 Å². The standard InChI is InChI=1S/C12H15N3S/c1-8-4-5-9(16-3)6-10(8)11-7-12(13)15(2)14-11/h4-7H,13H2,1-3H3. The Morgan fingerprint density at radius 3 is 2.62 bits per heavy atom. The van der Waals surface area contributed by atoms with Crippen LogP contribution in [0.5, 0.6) is 0 Å². The Balaban J connectivity index is 2.54. The molecule has 2 N–H and O–H groups in total. The van der Waals surface area contributed by atoms with E-state index < -0.39 is 0 Å². The SMILES string of the molecule is CSc1ccc(C)c(-c2cc(N)n(C)n2)c1. The number of aromatic nitrogens is 2. The number of hydrogen-bond donors (Lipinski definition) is 1. The predicted octanol–water partition coefficient (Wildman–Crippen LogP) is 2.70. The molecule has 0 amide bonds. The lowest BCUT2D eigenvalue weighted by atomic mass is 10.1. The van der Waals surface area contributed by atoms with Crippen LogP contribution in [0.2, 0.25) is 0 Å². The quantitative estimate of drug-likeness (QED) is 0.811. The van der Waals surface area contributed by atoms with Gasteiger partial charge in [-0.05, 0) is 30.9 Å². The lowest BCUT2D eigenvalue weighted by Gasteiger charge is -2.04. The first-order chi connectivity index (χ1) is 7.61. The van der Waals surface area contributed by atoms with E-state index in [-0.39, 0.29) is 0 Å². The Kier molecular flexibility index (Phi) is 2.92. The van der Waals surface area contributed by atoms with Crippen molar-refractivity contribution in [2.24, 2.45) is 7.05 Å². The fourth-order valence-corrected chi connectivity index (χ4v) is 2.06. The zero-order valence-electron chi connectivity index (χ0n) is 9.69. The number of hydrogen-bond acceptors (Lipinski definition) is 3. The number of anilines is 1. The summed E-state index contributed by atoms with van der Waals surface area (Å²) in [5.74, 6) is 0.684. The molecule has 0 saturated heterocycles. The molecular formula is C12H15N3S. The molecule has 0 spiro atoms. The number of nitrogens with two attached hydrogens (primary N) is 1. The first-order valence-electron chi connectivity index (χ1n) is 5.06. The van der Waals surface area contributed by atoms with Crippen molar-refractivity contribution in [1.29, 1.82) is 0 Å². The van der Waals surface area contributed by atoms with Gasteiger partial charge in [-0.25, -0.2) is 0 Å². The predicted molar refractivity (Wildman–Crippen MR) is 69.6 cm³/mol. The van der Waals surface area contributed by atoms with Gasteiger partial charge in [0.05, 0.1) is 5.69 Å². The van der Waals surface area contributed by atoms with Gasteiger partial charge < -0.3 is 5.73 Å². The molecule has 0 atom stereocenters. The zero-order chi connectivity index (χ0) is 11.7. The van der Waals surface area contributed by atoms with E-state index in [0.29, 0.717) is 5.82 Å². The summed E-state index contributed by atoms with van der Waals surface area (Å²) >= 11 is 1.73. The highest BCUT2D eigenvalue weighted by molar-refractivity contribution is 7.98. The molecule has 0 saturated carbocycles. The Morgan fingerprint density at radius 2 is 2.06 bits per heavy atom. The number of thioether (sulfide) groups is 1. The van der Waals surface area contributed by atoms with Crippen LogP contribution in [0.3, 0.4) is 0 Å². The monoisotopic (exact) mass is 233 g/mol. The first-order valence-corrected chi connectivity index (χ1v) is 6.29. The van der Waals surface area contributed by atoms with E-state index in [1.807, 2.05) is 13.1 Å². The minimum atomic E-state index is 0.684. The summed E-state index contributed by atoms with van der Waals surface area (Å²) in [4.78, 5) is 1.24. The maximum Gasteiger partial charge on any atom is 0.121 e. The number of rotatable bonds is 2. The number of nitrogens with zero attached hydrogens (tertiary/aromatic N) is 2. The third-order valence-electron chi connectivity index (χ3n) is 2.64. The second kappa shape index (κ2) is 4.22. The van der Waals surface area contributed by atoms with Gasteiger partial charge in [-0.3, -0.25) is 4.68 Å². The molecule has 0 aliphatic carbocycles. The van der Waals surface area contributed by atoms with Gasteiger partial charge >= 0.3 is 0 Å². The van der Waals surface area contributed by atoms with Gasteiger partial charge in [0, 0.05) is 23.6 Å². The summed E-state index contributed by atoms with van der Waals surface area (Å²) in [6, 6.07) is 8.30. The van der Waals surface area contributed by atoms with Gasteiger partial charge in [-0.2, -0.15) is 5.10 Å². The van der Waals surface area contributed by atoms with Gasteiger partial charge in [-0.15, -0.1) is 11.8 Å². The number of benzene rings is 1. The smallest absolute Gasteiger partial charge is 0.121 e. The van der Waals surface area contributed by atoms with Gasteiger partial charge in [0.15, 0.2) is 0 Å². The molecule has 0 aliphatic rings. The minimum Gasteiger partial charge on any atom is -0.384 e. The number of aryl methyl sites for hydroxylation is 2. The summed E-state index contributed by atoms with van der Waals surface area (Å²) in [6.07, 6.45) is 2.07. The van der Waals surface area contributed by atoms with Crippen molar-refractivity contribution in [3.05, 3.63) is 29.8 Å². The fourth-order valence-electron chi connectivity index (χ4n) is 1.62. The van der Waals surface area contributed by atoms with E-state index in [9.17, 15) is 0 Å². The lowest BCUT2D eigenvalue weighted by Crippen LogP contribution is -1.96. The Bertz CT molecular complexity index is 497. The topological polar surface area (TPSA) is 43.8 Å². The van der Waals surface area contributed by atoms with Crippen LogP contribution in [0.15, 0.2) is 29.2 Å². The van der Waals surface area contributed by atoms with Gasteiger partial charge in [0.25, 0.3) is 0 Å². The zero-order valence-corrected chi connectivity index (χ0v) is 10.5. The van der Waals surface area contributed by atoms with Crippen LogP contribution in [-0.2, 0) is 7.05 Å². The lowest BCUT2D eigenvalue weighted by molar-refractivity contribution is 0.782. The summed E-state index contributed by atoms with van der Waals surface area (Å²) in [5.41, 5.74) is 9.10. The third kappa shape index (κ3) is 1.93. The molecule has 2 aromatic rings. The van der Waals surface area contributed by atoms with Crippen LogP contribution >= 0.6 is 11.8 Å². The summed E-state index contributed by atoms with van der Waals surface area (Å²) in [5, 5.41) is 4.40. The van der Waals surface area contributed by atoms with Crippen molar-refractivity contribution in [1.82, 2.24) is 9.78 Å². The van der Waals surface area contributed by atoms with Crippen molar-refractivity contribution in [2.45, 2.75) is 11.8 Å². The van der Waals surface area contributed by atoms with Crippen molar-refractivity contribution < 1.29 is 0 Å². The summed E-state index contributed by atoms with van der Waals surface area (Å²) < 4.78 is 1.69. The molecule has 4 heteroatoms. The van der Waals surface area contributed by atoms with E-state index in [1.165, 1.54) is 10.5 Å². The highest BCUT2D eigenvalue weighted by Crippen LogP contribution is 2.27. The third-order valence-corrected chi connectivity index (χ3v) is 3.36. The molecule has 0 bridgehead atoms. The molecule has 0 unspecified atom stereocenters. The molecule has 1 heterocycles. The van der Waals surface area contributed by atoms with Crippen molar-refractivity contribution in [3.8, 4) is 11.3 Å². The largest absolute Gasteiger partial charge is 0.384 e. The van der Waals surface area contributed by atoms with E-state index in [0.717, 1.165) is 11.3 Å². The molecular weight excluding hydrogens is 218 g/mol.